The second kappa shape index (κ2) is 14.8. The van der Waals surface area contributed by atoms with Crippen molar-refractivity contribution in [1.82, 2.24) is 9.88 Å². The summed E-state index contributed by atoms with van der Waals surface area (Å²) >= 11 is 0. The minimum Gasteiger partial charge on any atom is -0.456 e. The van der Waals surface area contributed by atoms with Gasteiger partial charge < -0.3 is 18.7 Å². The third kappa shape index (κ3) is 5.91. The van der Waals surface area contributed by atoms with E-state index in [0.29, 0.717) is 0 Å². The summed E-state index contributed by atoms with van der Waals surface area (Å²) in [6.07, 6.45) is 0.882. The van der Waals surface area contributed by atoms with Crippen molar-refractivity contribution in [3.63, 3.8) is 0 Å². The predicted molar refractivity (Wildman–Crippen MR) is 278 cm³/mol. The highest BCUT2D eigenvalue weighted by Gasteiger charge is 2.37. The van der Waals surface area contributed by atoms with E-state index in [4.69, 9.17) is 13.8 Å². The fourth-order valence-corrected chi connectivity index (χ4v) is 11.3. The molecule has 1 aliphatic heterocycles. The average molecular weight is 862 g/mol. The molecule has 2 unspecified atom stereocenters. The van der Waals surface area contributed by atoms with Crippen LogP contribution < -0.4 is 5.32 Å². The van der Waals surface area contributed by atoms with Crippen LogP contribution in [0.1, 0.15) is 42.1 Å². The van der Waals surface area contributed by atoms with Gasteiger partial charge in [-0.3, -0.25) is 4.99 Å². The molecular formula is C62H43N3O2. The number of aliphatic imine (C=N–C) groups is 1. The highest BCUT2D eigenvalue weighted by atomic mass is 16.3. The monoisotopic (exact) mass is 861 g/mol. The van der Waals surface area contributed by atoms with Crippen molar-refractivity contribution in [3.8, 4) is 16.8 Å². The predicted octanol–water partition coefficient (Wildman–Crippen LogP) is 16.4. The zero-order valence-electron chi connectivity index (χ0n) is 36.8. The zero-order chi connectivity index (χ0) is 44.2. The highest BCUT2D eigenvalue weighted by molar-refractivity contribution is 6.19. The molecule has 67 heavy (non-hydrogen) atoms. The van der Waals surface area contributed by atoms with Crippen LogP contribution in [0.4, 0.5) is 0 Å². The summed E-state index contributed by atoms with van der Waals surface area (Å²) in [7, 11) is 0. The number of amidine groups is 1. The lowest BCUT2D eigenvalue weighted by atomic mass is 9.80. The minimum absolute atomic E-state index is 0.0780. The van der Waals surface area contributed by atoms with E-state index in [0.717, 1.165) is 100 Å². The Hall–Kier alpha value is -8.41. The lowest BCUT2D eigenvalue weighted by Gasteiger charge is -2.38. The molecule has 0 saturated carbocycles. The van der Waals surface area contributed by atoms with Crippen LogP contribution in [-0.2, 0) is 0 Å². The number of para-hydroxylation sites is 2. The van der Waals surface area contributed by atoms with E-state index in [1.165, 1.54) is 32.7 Å². The van der Waals surface area contributed by atoms with Crippen LogP contribution in [0.25, 0.3) is 104 Å². The van der Waals surface area contributed by atoms with E-state index in [-0.39, 0.29) is 18.0 Å². The molecule has 4 heterocycles. The van der Waals surface area contributed by atoms with Crippen molar-refractivity contribution in [3.05, 3.63) is 223 Å². The van der Waals surface area contributed by atoms with Crippen molar-refractivity contribution in [2.24, 2.45) is 10.9 Å². The van der Waals surface area contributed by atoms with Gasteiger partial charge in [0.15, 0.2) is 5.58 Å². The summed E-state index contributed by atoms with van der Waals surface area (Å²) in [5.41, 5.74) is 12.5. The number of benzene rings is 10. The molecule has 5 heteroatoms. The standard InChI is InChI=1S/C62H43N3O2/c1-2-45-58(42-28-29-49-48-24-11-13-26-56(48)66-57(49)36-42)63-62(43-21-14-20-39(31-43)37-15-4-3-5-16-37)64-59(45)44-33-52-50-30-27-38-17-8-9-22-46(38)60(50)67-61(52)55(35-44)65-53-25-12-10-23-47(53)51-32-40-18-6-7-19-41(40)34-54(51)65/h3-36,45,58-59H,2H2,1H3,(H,63,64)/t45-,58?,59?/m1/s1. The maximum absolute atomic E-state index is 7.22. The van der Waals surface area contributed by atoms with Gasteiger partial charge in [-0.2, -0.15) is 0 Å². The van der Waals surface area contributed by atoms with E-state index in [1.807, 2.05) is 6.07 Å². The Kier molecular flexibility index (Phi) is 8.38. The molecule has 318 valence electrons. The molecule has 0 radical (unpaired) electrons. The van der Waals surface area contributed by atoms with Crippen molar-refractivity contribution in [2.45, 2.75) is 25.4 Å². The van der Waals surface area contributed by atoms with E-state index >= 15 is 0 Å². The van der Waals surface area contributed by atoms with Gasteiger partial charge in [0, 0.05) is 49.2 Å². The maximum Gasteiger partial charge on any atom is 0.159 e. The third-order valence-electron chi connectivity index (χ3n) is 14.5. The van der Waals surface area contributed by atoms with Crippen molar-refractivity contribution in [2.75, 3.05) is 0 Å². The van der Waals surface area contributed by atoms with Crippen LogP contribution in [-0.4, -0.2) is 10.4 Å². The third-order valence-corrected chi connectivity index (χ3v) is 14.5. The number of furan rings is 2. The number of rotatable bonds is 6. The molecule has 0 amide bonds. The molecule has 0 fully saturated rings. The number of aromatic nitrogens is 1. The van der Waals surface area contributed by atoms with E-state index in [9.17, 15) is 0 Å². The fraction of sp³-hybridized carbons (Fsp3) is 0.0806. The first-order valence-electron chi connectivity index (χ1n) is 23.4. The lowest BCUT2D eigenvalue weighted by molar-refractivity contribution is 0.311. The molecule has 3 aromatic heterocycles. The molecule has 1 N–H and O–H groups in total. The largest absolute Gasteiger partial charge is 0.456 e. The average Bonchev–Trinajstić information content (AvgIpc) is 4.07. The first kappa shape index (κ1) is 37.9. The first-order valence-corrected chi connectivity index (χ1v) is 23.4. The summed E-state index contributed by atoms with van der Waals surface area (Å²) < 4.78 is 16.2. The summed E-state index contributed by atoms with van der Waals surface area (Å²) in [6, 6.07) is 74.1. The molecule has 13 aromatic rings. The van der Waals surface area contributed by atoms with Gasteiger partial charge in [-0.25, -0.2) is 0 Å². The van der Waals surface area contributed by atoms with Gasteiger partial charge in [0.1, 0.15) is 22.6 Å². The fourth-order valence-electron chi connectivity index (χ4n) is 11.3. The van der Waals surface area contributed by atoms with E-state index in [1.54, 1.807) is 0 Å². The summed E-state index contributed by atoms with van der Waals surface area (Å²) in [6.45, 7) is 2.31. The zero-order valence-corrected chi connectivity index (χ0v) is 36.8. The Morgan fingerprint density at radius 2 is 1.15 bits per heavy atom. The van der Waals surface area contributed by atoms with Crippen LogP contribution in [0.2, 0.25) is 0 Å². The number of hydrogen-bond acceptors (Lipinski definition) is 4. The van der Waals surface area contributed by atoms with Gasteiger partial charge in [-0.1, -0.05) is 159 Å². The molecule has 14 rings (SSSR count). The van der Waals surface area contributed by atoms with Crippen molar-refractivity contribution < 1.29 is 8.83 Å². The molecule has 0 aliphatic carbocycles. The maximum atomic E-state index is 7.22. The Bertz CT molecular complexity index is 4150. The summed E-state index contributed by atoms with van der Waals surface area (Å²) in [5, 5.41) is 15.6. The Morgan fingerprint density at radius 1 is 0.448 bits per heavy atom. The van der Waals surface area contributed by atoms with Crippen LogP contribution in [0.3, 0.4) is 0 Å². The smallest absolute Gasteiger partial charge is 0.159 e. The highest BCUT2D eigenvalue weighted by Crippen LogP contribution is 2.47. The van der Waals surface area contributed by atoms with Crippen LogP contribution in [0.15, 0.2) is 220 Å². The normalized spacial score (nSPS) is 16.6. The molecule has 10 aromatic carbocycles. The Labute approximate surface area is 386 Å². The van der Waals surface area contributed by atoms with Gasteiger partial charge in [-0.15, -0.1) is 0 Å². The van der Waals surface area contributed by atoms with E-state index in [2.05, 4.69) is 217 Å². The van der Waals surface area contributed by atoms with Gasteiger partial charge in [0.2, 0.25) is 0 Å². The van der Waals surface area contributed by atoms with Gasteiger partial charge in [-0.05, 0) is 99.4 Å². The quantitative estimate of drug-likeness (QED) is 0.181. The number of hydrogen-bond donors (Lipinski definition) is 1. The van der Waals surface area contributed by atoms with Crippen molar-refractivity contribution in [1.29, 1.82) is 0 Å². The van der Waals surface area contributed by atoms with Crippen LogP contribution in [0.5, 0.6) is 0 Å². The lowest BCUT2D eigenvalue weighted by Crippen LogP contribution is -2.41. The Balaban J connectivity index is 1.05. The molecule has 3 atom stereocenters. The molecule has 0 saturated heterocycles. The summed E-state index contributed by atoms with van der Waals surface area (Å²) in [5.74, 6) is 0.949. The van der Waals surface area contributed by atoms with Gasteiger partial charge >= 0.3 is 0 Å². The number of nitrogens with zero attached hydrogens (tertiary/aromatic N) is 2. The SMILES string of the molecule is CC[C@H]1C(c2cc(-n3c4ccccc4c4cc5ccccc5cc43)c3oc4c5ccccc5ccc4c3c2)N=C(c2cccc(-c3ccccc3)c2)NC1c1ccc2c(c1)oc1ccccc12. The molecule has 0 bridgehead atoms. The second-order valence-corrected chi connectivity index (χ2v) is 18.2. The van der Waals surface area contributed by atoms with Crippen LogP contribution in [0, 0.1) is 5.92 Å². The molecule has 1 aliphatic rings. The number of nitrogens with one attached hydrogen (secondary N) is 1. The van der Waals surface area contributed by atoms with Gasteiger partial charge in [0.25, 0.3) is 0 Å². The topological polar surface area (TPSA) is 55.6 Å². The number of fused-ring (bicyclic) bond motifs is 12. The van der Waals surface area contributed by atoms with E-state index < -0.39 is 0 Å². The molecule has 0 spiro atoms. The van der Waals surface area contributed by atoms with Crippen molar-refractivity contribution >= 4 is 93.1 Å². The molecular weight excluding hydrogens is 819 g/mol. The second-order valence-electron chi connectivity index (χ2n) is 18.2. The summed E-state index contributed by atoms with van der Waals surface area (Å²) in [4.78, 5) is 5.83. The molecule has 5 nitrogen and oxygen atoms in total. The Morgan fingerprint density at radius 3 is 2.01 bits per heavy atom. The minimum atomic E-state index is -0.222. The van der Waals surface area contributed by atoms with Gasteiger partial charge in [0.05, 0.1) is 28.8 Å². The first-order chi connectivity index (χ1) is 33.1. The van der Waals surface area contributed by atoms with Crippen LogP contribution >= 0.6 is 0 Å².